The van der Waals surface area contributed by atoms with Crippen molar-refractivity contribution in [3.8, 4) is 89.8 Å². The highest BCUT2D eigenvalue weighted by atomic mass is 16.3. The molecule has 0 saturated heterocycles. The van der Waals surface area contributed by atoms with Crippen molar-refractivity contribution >= 4 is 32.7 Å². The highest BCUT2D eigenvalue weighted by Crippen LogP contribution is 2.50. The summed E-state index contributed by atoms with van der Waals surface area (Å²) in [6, 6.07) is 83.3. The molecule has 10 aromatic carbocycles. The first-order valence-electron chi connectivity index (χ1n) is 21.9. The predicted molar refractivity (Wildman–Crippen MR) is 268 cm³/mol. The standard InChI is InChI=1S/C61H39N3O/c1-5-18-41(19-6-1)51-39-52(57(44-22-9-3-10-23-44)58(45-24-11-4-12-25-45)56(51)43-20-7-2-8-21-43)42-30-32-46(33-31-42)59-62-60(48-34-29-40-17-13-14-26-47(40)37-48)64-61(63-59)49-35-36-55-53(38-49)50-27-15-16-28-54(50)65-55/h1-39H. The van der Waals surface area contributed by atoms with Gasteiger partial charge in [0, 0.05) is 27.5 Å². The van der Waals surface area contributed by atoms with E-state index in [1.165, 1.54) is 22.3 Å². The van der Waals surface area contributed by atoms with Crippen LogP contribution in [0.2, 0.25) is 0 Å². The van der Waals surface area contributed by atoms with Crippen LogP contribution in [0.25, 0.3) is 123 Å². The van der Waals surface area contributed by atoms with Crippen molar-refractivity contribution in [3.63, 3.8) is 0 Å². The summed E-state index contributed by atoms with van der Waals surface area (Å²) >= 11 is 0. The van der Waals surface area contributed by atoms with Gasteiger partial charge in [-0.15, -0.1) is 0 Å². The Morgan fingerprint density at radius 1 is 0.246 bits per heavy atom. The molecule has 0 atom stereocenters. The molecule has 0 N–H and O–H groups in total. The van der Waals surface area contributed by atoms with Crippen molar-refractivity contribution in [2.75, 3.05) is 0 Å². The van der Waals surface area contributed by atoms with Crippen LogP contribution in [0.3, 0.4) is 0 Å². The fraction of sp³-hybridized carbons (Fsp3) is 0. The van der Waals surface area contributed by atoms with E-state index in [-0.39, 0.29) is 0 Å². The molecule has 0 aliphatic carbocycles. The maximum absolute atomic E-state index is 6.20. The van der Waals surface area contributed by atoms with Gasteiger partial charge in [0.1, 0.15) is 11.2 Å². The quantitative estimate of drug-likeness (QED) is 0.153. The highest BCUT2D eigenvalue weighted by molar-refractivity contribution is 6.08. The molecule has 0 aliphatic heterocycles. The number of hydrogen-bond donors (Lipinski definition) is 0. The lowest BCUT2D eigenvalue weighted by molar-refractivity contribution is 0.669. The molecule has 4 heteroatoms. The van der Waals surface area contributed by atoms with Crippen LogP contribution >= 0.6 is 0 Å². The van der Waals surface area contributed by atoms with E-state index in [2.05, 4.69) is 206 Å². The Bertz CT molecular complexity index is 3680. The molecule has 4 nitrogen and oxygen atoms in total. The van der Waals surface area contributed by atoms with E-state index in [0.717, 1.165) is 82.8 Å². The van der Waals surface area contributed by atoms with E-state index in [1.54, 1.807) is 0 Å². The molecule has 12 rings (SSSR count). The van der Waals surface area contributed by atoms with Crippen LogP contribution in [0.5, 0.6) is 0 Å². The maximum atomic E-state index is 6.20. The molecule has 2 heterocycles. The van der Waals surface area contributed by atoms with Gasteiger partial charge in [-0.25, -0.2) is 15.0 Å². The average molecular weight is 830 g/mol. The molecule has 0 saturated carbocycles. The largest absolute Gasteiger partial charge is 0.456 e. The number of aromatic nitrogens is 3. The molecule has 12 aromatic rings. The topological polar surface area (TPSA) is 51.8 Å². The number of benzene rings is 10. The molecule has 0 spiro atoms. The van der Waals surface area contributed by atoms with Crippen LogP contribution in [-0.2, 0) is 0 Å². The molecule has 0 amide bonds. The van der Waals surface area contributed by atoms with Gasteiger partial charge >= 0.3 is 0 Å². The van der Waals surface area contributed by atoms with Crippen LogP contribution in [0.4, 0.5) is 0 Å². The lowest BCUT2D eigenvalue weighted by Gasteiger charge is -2.24. The third kappa shape index (κ3) is 7.04. The van der Waals surface area contributed by atoms with Crippen molar-refractivity contribution in [2.45, 2.75) is 0 Å². The van der Waals surface area contributed by atoms with E-state index in [0.29, 0.717) is 17.5 Å². The highest BCUT2D eigenvalue weighted by Gasteiger charge is 2.24. The number of hydrogen-bond acceptors (Lipinski definition) is 4. The van der Waals surface area contributed by atoms with Gasteiger partial charge in [-0.2, -0.15) is 0 Å². The summed E-state index contributed by atoms with van der Waals surface area (Å²) in [6.45, 7) is 0. The first-order valence-corrected chi connectivity index (χ1v) is 21.9. The Balaban J connectivity index is 1.06. The van der Waals surface area contributed by atoms with E-state index in [9.17, 15) is 0 Å². The molecular weight excluding hydrogens is 791 g/mol. The summed E-state index contributed by atoms with van der Waals surface area (Å²) in [5.74, 6) is 1.80. The van der Waals surface area contributed by atoms with Crippen LogP contribution in [0.1, 0.15) is 0 Å². The Kier molecular flexibility index (Phi) is 9.46. The molecule has 2 aromatic heterocycles. The average Bonchev–Trinajstić information content (AvgIpc) is 3.77. The summed E-state index contributed by atoms with van der Waals surface area (Å²) in [5, 5.41) is 4.37. The van der Waals surface area contributed by atoms with Gasteiger partial charge in [0.2, 0.25) is 0 Å². The summed E-state index contributed by atoms with van der Waals surface area (Å²) in [5.41, 5.74) is 15.9. The Hall–Kier alpha value is -8.73. The van der Waals surface area contributed by atoms with Gasteiger partial charge in [-0.05, 0) is 103 Å². The predicted octanol–water partition coefficient (Wildman–Crippen LogP) is 16.3. The molecule has 65 heavy (non-hydrogen) atoms. The second-order valence-corrected chi connectivity index (χ2v) is 16.3. The zero-order valence-corrected chi connectivity index (χ0v) is 35.3. The van der Waals surface area contributed by atoms with Crippen molar-refractivity contribution < 1.29 is 4.42 Å². The van der Waals surface area contributed by atoms with Crippen molar-refractivity contribution in [1.82, 2.24) is 15.0 Å². The summed E-state index contributed by atoms with van der Waals surface area (Å²) in [4.78, 5) is 15.5. The van der Waals surface area contributed by atoms with Crippen molar-refractivity contribution in [1.29, 1.82) is 0 Å². The first-order chi connectivity index (χ1) is 32.2. The third-order valence-corrected chi connectivity index (χ3v) is 12.3. The molecular formula is C61H39N3O. The molecule has 0 unspecified atom stereocenters. The van der Waals surface area contributed by atoms with Crippen molar-refractivity contribution in [2.24, 2.45) is 0 Å². The lowest BCUT2D eigenvalue weighted by atomic mass is 9.79. The van der Waals surface area contributed by atoms with Gasteiger partial charge in [0.25, 0.3) is 0 Å². The van der Waals surface area contributed by atoms with E-state index >= 15 is 0 Å². The van der Waals surface area contributed by atoms with Crippen LogP contribution in [-0.4, -0.2) is 15.0 Å². The van der Waals surface area contributed by atoms with Crippen LogP contribution in [0, 0.1) is 0 Å². The summed E-state index contributed by atoms with van der Waals surface area (Å²) in [6.07, 6.45) is 0. The Labute approximate surface area is 376 Å². The van der Waals surface area contributed by atoms with E-state index in [1.807, 2.05) is 30.3 Å². The smallest absolute Gasteiger partial charge is 0.164 e. The second-order valence-electron chi connectivity index (χ2n) is 16.3. The van der Waals surface area contributed by atoms with E-state index in [4.69, 9.17) is 19.4 Å². The lowest BCUT2D eigenvalue weighted by Crippen LogP contribution is -2.00. The molecule has 0 fully saturated rings. The normalized spacial score (nSPS) is 11.4. The maximum Gasteiger partial charge on any atom is 0.164 e. The Morgan fingerprint density at radius 2 is 0.662 bits per heavy atom. The van der Waals surface area contributed by atoms with Gasteiger partial charge in [-0.1, -0.05) is 200 Å². The third-order valence-electron chi connectivity index (χ3n) is 12.3. The number of fused-ring (bicyclic) bond motifs is 4. The minimum atomic E-state index is 0.595. The minimum Gasteiger partial charge on any atom is -0.456 e. The van der Waals surface area contributed by atoms with Crippen LogP contribution < -0.4 is 0 Å². The number of nitrogens with zero attached hydrogens (tertiary/aromatic N) is 3. The minimum absolute atomic E-state index is 0.595. The molecule has 0 bridgehead atoms. The fourth-order valence-corrected chi connectivity index (χ4v) is 9.21. The van der Waals surface area contributed by atoms with Crippen LogP contribution in [0.15, 0.2) is 241 Å². The number of furan rings is 1. The Morgan fingerprint density at radius 3 is 1.28 bits per heavy atom. The van der Waals surface area contributed by atoms with Gasteiger partial charge in [-0.3, -0.25) is 0 Å². The van der Waals surface area contributed by atoms with Crippen molar-refractivity contribution in [3.05, 3.63) is 237 Å². The summed E-state index contributed by atoms with van der Waals surface area (Å²) < 4.78 is 6.20. The monoisotopic (exact) mass is 829 g/mol. The van der Waals surface area contributed by atoms with Gasteiger partial charge in [0.05, 0.1) is 0 Å². The van der Waals surface area contributed by atoms with E-state index < -0.39 is 0 Å². The van der Waals surface area contributed by atoms with Gasteiger partial charge in [0.15, 0.2) is 17.5 Å². The molecule has 304 valence electrons. The zero-order valence-electron chi connectivity index (χ0n) is 35.3. The molecule has 0 radical (unpaired) electrons. The fourth-order valence-electron chi connectivity index (χ4n) is 9.21. The molecule has 0 aliphatic rings. The second kappa shape index (κ2) is 16.2. The first kappa shape index (κ1) is 38.0. The van der Waals surface area contributed by atoms with Gasteiger partial charge < -0.3 is 4.42 Å². The SMILES string of the molecule is c1ccc(-c2cc(-c3ccc(-c4nc(-c5ccc6ccccc6c5)nc(-c5ccc6oc7ccccc7c6c5)n4)cc3)c(-c3ccccc3)c(-c3ccccc3)c2-c2ccccc2)cc1. The number of rotatable bonds is 8. The number of para-hydroxylation sites is 1. The zero-order chi connectivity index (χ0) is 43.1. The summed E-state index contributed by atoms with van der Waals surface area (Å²) in [7, 11) is 0.